The van der Waals surface area contributed by atoms with Gasteiger partial charge < -0.3 is 0 Å². The Morgan fingerprint density at radius 3 is 3.09 bits per heavy atom. The zero-order valence-corrected chi connectivity index (χ0v) is 6.76. The molecular formula is C10H12O. The maximum Gasteiger partial charge on any atom is 0.162 e. The summed E-state index contributed by atoms with van der Waals surface area (Å²) < 4.78 is 0. The van der Waals surface area contributed by atoms with Crippen LogP contribution in [0.25, 0.3) is 0 Å². The number of carbonyl (C=O) groups is 1. The van der Waals surface area contributed by atoms with E-state index in [0.29, 0.717) is 0 Å². The first-order chi connectivity index (χ1) is 5.11. The summed E-state index contributed by atoms with van der Waals surface area (Å²) in [4.78, 5) is 11.3. The molecule has 0 aliphatic heterocycles. The molecule has 0 amide bonds. The first-order valence-corrected chi connectivity index (χ1v) is 4.01. The highest BCUT2D eigenvalue weighted by Crippen LogP contribution is 2.48. The fraction of sp³-hybridized carbons (Fsp3) is 0.500. The molecule has 1 nitrogen and oxygen atoms in total. The van der Waals surface area contributed by atoms with Gasteiger partial charge in [-0.05, 0) is 24.3 Å². The normalized spacial score (nSPS) is 41.7. The van der Waals surface area contributed by atoms with Gasteiger partial charge in [-0.1, -0.05) is 25.2 Å². The Balaban J connectivity index is 2.43. The summed E-state index contributed by atoms with van der Waals surface area (Å²) in [6, 6.07) is 0. The highest BCUT2D eigenvalue weighted by Gasteiger charge is 2.41. The number of hydrogen-bond acceptors (Lipinski definition) is 1. The molecule has 1 unspecified atom stereocenters. The lowest BCUT2D eigenvalue weighted by Crippen LogP contribution is -2.18. The Bertz CT molecular complexity index is 262. The summed E-state index contributed by atoms with van der Waals surface area (Å²) in [5.41, 5.74) is 1.37. The Morgan fingerprint density at radius 2 is 2.45 bits per heavy atom. The summed E-state index contributed by atoms with van der Waals surface area (Å²) in [5, 5.41) is 0. The van der Waals surface area contributed by atoms with E-state index >= 15 is 0 Å². The van der Waals surface area contributed by atoms with E-state index in [0.717, 1.165) is 18.4 Å². The molecule has 2 aliphatic rings. The molecule has 2 aliphatic carbocycles. The molecule has 2 atom stereocenters. The molecule has 0 heterocycles. The molecule has 0 N–H and O–H groups in total. The molecule has 0 radical (unpaired) electrons. The van der Waals surface area contributed by atoms with Crippen LogP contribution in [-0.2, 0) is 4.79 Å². The van der Waals surface area contributed by atoms with E-state index in [1.165, 1.54) is 0 Å². The lowest BCUT2D eigenvalue weighted by molar-refractivity contribution is -0.117. The van der Waals surface area contributed by atoms with Gasteiger partial charge in [0.15, 0.2) is 5.78 Å². The smallest absolute Gasteiger partial charge is 0.162 e. The minimum Gasteiger partial charge on any atom is -0.294 e. The molecular weight excluding hydrogens is 136 g/mol. The molecule has 1 heteroatoms. The van der Waals surface area contributed by atoms with Crippen molar-refractivity contribution in [3.8, 4) is 0 Å². The molecule has 2 bridgehead atoms. The number of carbonyl (C=O) groups excluding carboxylic acids is 1. The number of fused-ring (bicyclic) bond motifs is 2. The Hall–Kier alpha value is -0.850. The third kappa shape index (κ3) is 0.873. The second kappa shape index (κ2) is 1.84. The largest absolute Gasteiger partial charge is 0.294 e. The van der Waals surface area contributed by atoms with Gasteiger partial charge in [-0.2, -0.15) is 0 Å². The number of rotatable bonds is 0. The average Bonchev–Trinajstić information content (AvgIpc) is 2.18. The van der Waals surface area contributed by atoms with Crippen molar-refractivity contribution in [2.75, 3.05) is 0 Å². The minimum absolute atomic E-state index is 0.144. The van der Waals surface area contributed by atoms with Crippen LogP contribution in [0.3, 0.4) is 0 Å². The molecule has 0 saturated heterocycles. The van der Waals surface area contributed by atoms with Crippen LogP contribution in [-0.4, -0.2) is 5.78 Å². The fourth-order valence-electron chi connectivity index (χ4n) is 2.15. The van der Waals surface area contributed by atoms with E-state index in [2.05, 4.69) is 13.5 Å². The monoisotopic (exact) mass is 148 g/mol. The summed E-state index contributed by atoms with van der Waals surface area (Å²) in [7, 11) is 0. The van der Waals surface area contributed by atoms with Crippen LogP contribution >= 0.6 is 0 Å². The lowest BCUT2D eigenvalue weighted by Gasteiger charge is -2.21. The van der Waals surface area contributed by atoms with Crippen LogP contribution in [0.5, 0.6) is 0 Å². The van der Waals surface area contributed by atoms with Crippen LogP contribution in [0.2, 0.25) is 0 Å². The zero-order valence-electron chi connectivity index (χ0n) is 6.76. The second-order valence-corrected chi connectivity index (χ2v) is 3.98. The van der Waals surface area contributed by atoms with Crippen molar-refractivity contribution in [2.24, 2.45) is 11.3 Å². The summed E-state index contributed by atoms with van der Waals surface area (Å²) in [6.07, 6.45) is 5.76. The quantitative estimate of drug-likeness (QED) is 0.481. The maximum absolute atomic E-state index is 11.3. The highest BCUT2D eigenvalue weighted by molar-refractivity contribution is 5.95. The number of ketones is 1. The van der Waals surface area contributed by atoms with E-state index in [9.17, 15) is 4.79 Å². The van der Waals surface area contributed by atoms with Crippen LogP contribution in [0, 0.1) is 11.3 Å². The van der Waals surface area contributed by atoms with Crippen molar-refractivity contribution in [1.82, 2.24) is 0 Å². The maximum atomic E-state index is 11.3. The topological polar surface area (TPSA) is 17.1 Å². The molecule has 0 aromatic rings. The van der Waals surface area contributed by atoms with Crippen molar-refractivity contribution in [3.05, 3.63) is 24.3 Å². The van der Waals surface area contributed by atoms with Gasteiger partial charge in [-0.25, -0.2) is 0 Å². The third-order valence-electron chi connectivity index (χ3n) is 2.79. The number of allylic oxidation sites excluding steroid dienone is 3. The predicted molar refractivity (Wildman–Crippen MR) is 44.1 cm³/mol. The molecule has 58 valence electrons. The SMILES string of the molecule is C=C1C[C@@]2(C)C=CC(=O)C1C2. The van der Waals surface area contributed by atoms with Crippen molar-refractivity contribution in [2.45, 2.75) is 19.8 Å². The van der Waals surface area contributed by atoms with Crippen LogP contribution < -0.4 is 0 Å². The Labute approximate surface area is 66.8 Å². The van der Waals surface area contributed by atoms with Crippen molar-refractivity contribution < 1.29 is 4.79 Å². The average molecular weight is 148 g/mol. The molecule has 0 aromatic heterocycles. The second-order valence-electron chi connectivity index (χ2n) is 3.98. The predicted octanol–water partition coefficient (Wildman–Crippen LogP) is 2.10. The van der Waals surface area contributed by atoms with Crippen LogP contribution in [0.15, 0.2) is 24.3 Å². The van der Waals surface area contributed by atoms with Crippen LogP contribution in [0.4, 0.5) is 0 Å². The lowest BCUT2D eigenvalue weighted by atomic mass is 9.82. The molecule has 1 saturated carbocycles. The summed E-state index contributed by atoms with van der Waals surface area (Å²) in [6.45, 7) is 6.13. The van der Waals surface area contributed by atoms with Gasteiger partial charge in [0.25, 0.3) is 0 Å². The summed E-state index contributed by atoms with van der Waals surface area (Å²) in [5.74, 6) is 0.398. The Kier molecular flexibility index (Phi) is 1.15. The minimum atomic E-state index is 0.144. The van der Waals surface area contributed by atoms with Crippen molar-refractivity contribution in [3.63, 3.8) is 0 Å². The van der Waals surface area contributed by atoms with Gasteiger partial charge in [0, 0.05) is 5.92 Å². The summed E-state index contributed by atoms with van der Waals surface area (Å²) >= 11 is 0. The van der Waals surface area contributed by atoms with Gasteiger partial charge >= 0.3 is 0 Å². The van der Waals surface area contributed by atoms with Gasteiger partial charge in [0.2, 0.25) is 0 Å². The van der Waals surface area contributed by atoms with Crippen molar-refractivity contribution in [1.29, 1.82) is 0 Å². The molecule has 1 fully saturated rings. The van der Waals surface area contributed by atoms with E-state index in [-0.39, 0.29) is 17.1 Å². The number of hydrogen-bond donors (Lipinski definition) is 0. The first-order valence-electron chi connectivity index (χ1n) is 4.01. The van der Waals surface area contributed by atoms with Gasteiger partial charge in [-0.15, -0.1) is 0 Å². The highest BCUT2D eigenvalue weighted by atomic mass is 16.1. The standard InChI is InChI=1S/C10H12O/c1-7-5-10(2)4-3-9(11)8(7)6-10/h3-4,8H,1,5-6H2,2H3/t8?,10-/m1/s1. The van der Waals surface area contributed by atoms with Crippen LogP contribution in [0.1, 0.15) is 19.8 Å². The molecule has 0 aromatic carbocycles. The van der Waals surface area contributed by atoms with Gasteiger partial charge in [0.1, 0.15) is 0 Å². The van der Waals surface area contributed by atoms with E-state index in [1.807, 2.05) is 6.08 Å². The Morgan fingerprint density at radius 1 is 1.73 bits per heavy atom. The first kappa shape index (κ1) is 6.84. The fourth-order valence-corrected chi connectivity index (χ4v) is 2.15. The molecule has 0 spiro atoms. The van der Waals surface area contributed by atoms with Gasteiger partial charge in [0.05, 0.1) is 0 Å². The van der Waals surface area contributed by atoms with E-state index in [1.54, 1.807) is 6.08 Å². The van der Waals surface area contributed by atoms with Crippen molar-refractivity contribution >= 4 is 5.78 Å². The van der Waals surface area contributed by atoms with Gasteiger partial charge in [-0.3, -0.25) is 4.79 Å². The third-order valence-corrected chi connectivity index (χ3v) is 2.79. The molecule has 11 heavy (non-hydrogen) atoms. The zero-order chi connectivity index (χ0) is 8.06. The van der Waals surface area contributed by atoms with E-state index in [4.69, 9.17) is 0 Å². The van der Waals surface area contributed by atoms with E-state index < -0.39 is 0 Å². The molecule has 2 rings (SSSR count).